The first-order chi connectivity index (χ1) is 6.11. The van der Waals surface area contributed by atoms with Crippen molar-refractivity contribution in [3.05, 3.63) is 0 Å². The second kappa shape index (κ2) is 4.32. The standard InChI is InChI=1S/C7H14O6/c1-12-6-3(2-8)13-7(11)5(10)4(6)9/h3-11H,2H2,1H3/t3?,4?,5-,6+,7-/m0/s1. The van der Waals surface area contributed by atoms with Gasteiger partial charge in [-0.2, -0.15) is 0 Å². The van der Waals surface area contributed by atoms with Crippen LogP contribution in [0.2, 0.25) is 0 Å². The third-order valence-electron chi connectivity index (χ3n) is 2.11. The van der Waals surface area contributed by atoms with E-state index in [4.69, 9.17) is 19.7 Å². The molecule has 0 radical (unpaired) electrons. The van der Waals surface area contributed by atoms with E-state index in [-0.39, 0.29) is 6.61 Å². The summed E-state index contributed by atoms with van der Waals surface area (Å²) in [4.78, 5) is 0. The number of rotatable bonds is 2. The Morgan fingerprint density at radius 3 is 2.31 bits per heavy atom. The van der Waals surface area contributed by atoms with Gasteiger partial charge >= 0.3 is 0 Å². The summed E-state index contributed by atoms with van der Waals surface area (Å²) >= 11 is 0. The zero-order chi connectivity index (χ0) is 10.0. The van der Waals surface area contributed by atoms with Crippen LogP contribution in [0.15, 0.2) is 0 Å². The van der Waals surface area contributed by atoms with E-state index in [1.165, 1.54) is 7.11 Å². The minimum Gasteiger partial charge on any atom is -0.394 e. The molecule has 1 rings (SSSR count). The number of hydrogen-bond donors (Lipinski definition) is 4. The molecular weight excluding hydrogens is 180 g/mol. The molecule has 1 fully saturated rings. The highest BCUT2D eigenvalue weighted by atomic mass is 16.6. The predicted molar refractivity (Wildman–Crippen MR) is 40.8 cm³/mol. The van der Waals surface area contributed by atoms with Crippen LogP contribution in [0.4, 0.5) is 0 Å². The van der Waals surface area contributed by atoms with Gasteiger partial charge in [0.15, 0.2) is 6.29 Å². The van der Waals surface area contributed by atoms with Crippen molar-refractivity contribution in [3.63, 3.8) is 0 Å². The molecule has 0 aliphatic carbocycles. The van der Waals surface area contributed by atoms with E-state index in [1.807, 2.05) is 0 Å². The fourth-order valence-electron chi connectivity index (χ4n) is 1.36. The molecule has 4 N–H and O–H groups in total. The molecule has 5 atom stereocenters. The van der Waals surface area contributed by atoms with Crippen molar-refractivity contribution in [2.75, 3.05) is 13.7 Å². The van der Waals surface area contributed by atoms with Crippen molar-refractivity contribution in [2.24, 2.45) is 0 Å². The highest BCUT2D eigenvalue weighted by Crippen LogP contribution is 2.21. The van der Waals surface area contributed by atoms with Crippen molar-refractivity contribution in [1.29, 1.82) is 0 Å². The quantitative estimate of drug-likeness (QED) is 0.386. The maximum Gasteiger partial charge on any atom is 0.184 e. The van der Waals surface area contributed by atoms with E-state index >= 15 is 0 Å². The molecule has 1 aliphatic rings. The molecule has 0 aromatic rings. The SMILES string of the molecule is CO[C@@H]1C(CO)O[C@H](O)[C@@H](O)C1O. The summed E-state index contributed by atoms with van der Waals surface area (Å²) in [5.74, 6) is 0. The van der Waals surface area contributed by atoms with Crippen molar-refractivity contribution < 1.29 is 29.9 Å². The summed E-state index contributed by atoms with van der Waals surface area (Å²) in [6, 6.07) is 0. The van der Waals surface area contributed by atoms with Gasteiger partial charge in [0, 0.05) is 7.11 Å². The van der Waals surface area contributed by atoms with Gasteiger partial charge in [0.05, 0.1) is 6.61 Å². The summed E-state index contributed by atoms with van der Waals surface area (Å²) in [7, 11) is 1.32. The number of hydrogen-bond acceptors (Lipinski definition) is 6. The van der Waals surface area contributed by atoms with Crippen LogP contribution in [-0.2, 0) is 9.47 Å². The lowest BCUT2D eigenvalue weighted by atomic mass is 9.99. The molecule has 0 aromatic carbocycles. The molecule has 13 heavy (non-hydrogen) atoms. The van der Waals surface area contributed by atoms with Crippen molar-refractivity contribution in [3.8, 4) is 0 Å². The van der Waals surface area contributed by atoms with Gasteiger partial charge in [0.1, 0.15) is 24.4 Å². The van der Waals surface area contributed by atoms with Gasteiger partial charge in [-0.15, -0.1) is 0 Å². The van der Waals surface area contributed by atoms with Gasteiger partial charge < -0.3 is 29.9 Å². The minimum atomic E-state index is -1.49. The molecule has 2 unspecified atom stereocenters. The second-order valence-corrected chi connectivity index (χ2v) is 2.93. The zero-order valence-corrected chi connectivity index (χ0v) is 7.20. The molecule has 78 valence electrons. The Morgan fingerprint density at radius 2 is 1.85 bits per heavy atom. The highest BCUT2D eigenvalue weighted by Gasteiger charge is 2.43. The van der Waals surface area contributed by atoms with Crippen LogP contribution in [-0.4, -0.2) is 64.8 Å². The van der Waals surface area contributed by atoms with E-state index < -0.39 is 30.7 Å². The smallest absolute Gasteiger partial charge is 0.184 e. The van der Waals surface area contributed by atoms with Gasteiger partial charge in [0.25, 0.3) is 0 Å². The fourth-order valence-corrected chi connectivity index (χ4v) is 1.36. The molecule has 0 aromatic heterocycles. The molecule has 0 saturated carbocycles. The Labute approximate surface area is 75.3 Å². The number of methoxy groups -OCH3 is 1. The van der Waals surface area contributed by atoms with Gasteiger partial charge in [-0.1, -0.05) is 0 Å². The third-order valence-corrected chi connectivity index (χ3v) is 2.11. The number of ether oxygens (including phenoxy) is 2. The average molecular weight is 194 g/mol. The fraction of sp³-hybridized carbons (Fsp3) is 1.00. The first kappa shape index (κ1) is 10.8. The number of aliphatic hydroxyl groups excluding tert-OH is 4. The molecule has 1 heterocycles. The van der Waals surface area contributed by atoms with Crippen LogP contribution >= 0.6 is 0 Å². The Bertz CT molecular complexity index is 161. The van der Waals surface area contributed by atoms with Crippen LogP contribution < -0.4 is 0 Å². The first-order valence-electron chi connectivity index (χ1n) is 3.95. The molecule has 1 saturated heterocycles. The van der Waals surface area contributed by atoms with Crippen molar-refractivity contribution >= 4 is 0 Å². The molecular formula is C7H14O6. The monoisotopic (exact) mass is 194 g/mol. The summed E-state index contributed by atoms with van der Waals surface area (Å²) in [6.07, 6.45) is -5.81. The van der Waals surface area contributed by atoms with E-state index in [2.05, 4.69) is 0 Å². The minimum absolute atomic E-state index is 0.390. The van der Waals surface area contributed by atoms with E-state index in [0.717, 1.165) is 0 Å². The predicted octanol–water partition coefficient (Wildman–Crippen LogP) is -2.57. The maximum absolute atomic E-state index is 9.38. The Kier molecular flexibility index (Phi) is 3.60. The summed E-state index contributed by atoms with van der Waals surface area (Å²) in [6.45, 7) is -0.390. The van der Waals surface area contributed by atoms with Gasteiger partial charge in [0.2, 0.25) is 0 Å². The van der Waals surface area contributed by atoms with Crippen LogP contribution in [0.3, 0.4) is 0 Å². The molecule has 6 heteroatoms. The Hall–Kier alpha value is -0.240. The molecule has 0 spiro atoms. The zero-order valence-electron chi connectivity index (χ0n) is 7.20. The first-order valence-corrected chi connectivity index (χ1v) is 3.95. The normalized spacial score (nSPS) is 46.4. The maximum atomic E-state index is 9.38. The Morgan fingerprint density at radius 1 is 1.23 bits per heavy atom. The van der Waals surface area contributed by atoms with Crippen LogP contribution in [0.25, 0.3) is 0 Å². The lowest BCUT2D eigenvalue weighted by molar-refractivity contribution is -0.290. The summed E-state index contributed by atoms with van der Waals surface area (Å²) in [5, 5.41) is 36.4. The largest absolute Gasteiger partial charge is 0.394 e. The second-order valence-electron chi connectivity index (χ2n) is 2.93. The van der Waals surface area contributed by atoms with Gasteiger partial charge in [-0.05, 0) is 0 Å². The highest BCUT2D eigenvalue weighted by molar-refractivity contribution is 4.89. The van der Waals surface area contributed by atoms with E-state index in [9.17, 15) is 10.2 Å². The third kappa shape index (κ3) is 1.98. The molecule has 1 aliphatic heterocycles. The van der Waals surface area contributed by atoms with E-state index in [0.29, 0.717) is 0 Å². The molecule has 0 amide bonds. The van der Waals surface area contributed by atoms with Crippen LogP contribution in [0.5, 0.6) is 0 Å². The summed E-state index contributed by atoms with van der Waals surface area (Å²) in [5.41, 5.74) is 0. The Balaban J connectivity index is 2.69. The summed E-state index contributed by atoms with van der Waals surface area (Å²) < 4.78 is 9.61. The lowest BCUT2D eigenvalue weighted by Gasteiger charge is -2.39. The van der Waals surface area contributed by atoms with Crippen molar-refractivity contribution in [1.82, 2.24) is 0 Å². The van der Waals surface area contributed by atoms with Gasteiger partial charge in [-0.3, -0.25) is 0 Å². The average Bonchev–Trinajstić information content (AvgIpc) is 2.13. The van der Waals surface area contributed by atoms with Crippen LogP contribution in [0.1, 0.15) is 0 Å². The lowest BCUT2D eigenvalue weighted by Crippen LogP contribution is -2.59. The van der Waals surface area contributed by atoms with Crippen molar-refractivity contribution in [2.45, 2.75) is 30.7 Å². The topological polar surface area (TPSA) is 99.4 Å². The van der Waals surface area contributed by atoms with Gasteiger partial charge in [-0.25, -0.2) is 0 Å². The van der Waals surface area contributed by atoms with Crippen LogP contribution in [0, 0.1) is 0 Å². The molecule has 0 bridgehead atoms. The number of aliphatic hydroxyl groups is 4. The van der Waals surface area contributed by atoms with E-state index in [1.54, 1.807) is 0 Å². The molecule has 6 nitrogen and oxygen atoms in total.